The SMILES string of the molecule is O=C(O)c1sc(CN2CCOCC2)nc1O. The number of hydrogen-bond donors (Lipinski definition) is 2. The molecule has 6 nitrogen and oxygen atoms in total. The molecule has 0 saturated carbocycles. The van der Waals surface area contributed by atoms with Gasteiger partial charge in [0.15, 0.2) is 4.88 Å². The maximum Gasteiger partial charge on any atom is 0.351 e. The highest BCUT2D eigenvalue weighted by molar-refractivity contribution is 7.13. The van der Waals surface area contributed by atoms with E-state index in [1.807, 2.05) is 0 Å². The zero-order chi connectivity index (χ0) is 11.5. The minimum absolute atomic E-state index is 0.0942. The van der Waals surface area contributed by atoms with E-state index in [9.17, 15) is 9.90 Å². The topological polar surface area (TPSA) is 82.9 Å². The summed E-state index contributed by atoms with van der Waals surface area (Å²) in [5, 5.41) is 18.7. The van der Waals surface area contributed by atoms with Gasteiger partial charge in [-0.15, -0.1) is 11.3 Å². The molecular formula is C9H12N2O4S. The first kappa shape index (κ1) is 11.3. The minimum Gasteiger partial charge on any atom is -0.492 e. The molecule has 0 amide bonds. The van der Waals surface area contributed by atoms with Crippen molar-refractivity contribution in [3.63, 3.8) is 0 Å². The summed E-state index contributed by atoms with van der Waals surface area (Å²) < 4.78 is 5.20. The fraction of sp³-hybridized carbons (Fsp3) is 0.556. The molecule has 1 aromatic rings. The van der Waals surface area contributed by atoms with Crippen molar-refractivity contribution in [3.8, 4) is 5.88 Å². The lowest BCUT2D eigenvalue weighted by Crippen LogP contribution is -2.35. The van der Waals surface area contributed by atoms with Crippen LogP contribution in [0.5, 0.6) is 5.88 Å². The molecule has 1 aliphatic heterocycles. The molecule has 1 fully saturated rings. The van der Waals surface area contributed by atoms with Crippen molar-refractivity contribution in [2.24, 2.45) is 0 Å². The number of aromatic hydroxyl groups is 1. The van der Waals surface area contributed by atoms with E-state index < -0.39 is 5.97 Å². The van der Waals surface area contributed by atoms with Gasteiger partial charge in [0.2, 0.25) is 5.88 Å². The number of aromatic carboxylic acids is 1. The van der Waals surface area contributed by atoms with Crippen molar-refractivity contribution in [2.45, 2.75) is 6.54 Å². The normalized spacial score (nSPS) is 17.5. The first-order valence-electron chi connectivity index (χ1n) is 4.89. The predicted molar refractivity (Wildman–Crippen MR) is 56.8 cm³/mol. The number of ether oxygens (including phenoxy) is 1. The smallest absolute Gasteiger partial charge is 0.351 e. The van der Waals surface area contributed by atoms with Crippen LogP contribution in [0, 0.1) is 0 Å². The second kappa shape index (κ2) is 4.77. The van der Waals surface area contributed by atoms with Gasteiger partial charge in [0, 0.05) is 13.1 Å². The summed E-state index contributed by atoms with van der Waals surface area (Å²) in [6.07, 6.45) is 0. The Morgan fingerprint density at radius 1 is 1.50 bits per heavy atom. The van der Waals surface area contributed by atoms with E-state index in [-0.39, 0.29) is 10.8 Å². The van der Waals surface area contributed by atoms with E-state index >= 15 is 0 Å². The predicted octanol–water partition coefficient (Wildman–Crippen LogP) is 0.379. The van der Waals surface area contributed by atoms with Crippen LogP contribution in [0.25, 0.3) is 0 Å². The Hall–Kier alpha value is -1.18. The lowest BCUT2D eigenvalue weighted by molar-refractivity contribution is 0.0341. The molecular weight excluding hydrogens is 232 g/mol. The lowest BCUT2D eigenvalue weighted by atomic mass is 10.4. The zero-order valence-corrected chi connectivity index (χ0v) is 9.37. The molecule has 0 unspecified atom stereocenters. The molecule has 1 saturated heterocycles. The molecule has 0 radical (unpaired) electrons. The number of aromatic nitrogens is 1. The van der Waals surface area contributed by atoms with Crippen molar-refractivity contribution >= 4 is 17.3 Å². The maximum absolute atomic E-state index is 10.7. The molecule has 2 N–H and O–H groups in total. The van der Waals surface area contributed by atoms with Gasteiger partial charge in [-0.2, -0.15) is 0 Å². The summed E-state index contributed by atoms with van der Waals surface area (Å²) in [4.78, 5) is 16.6. The second-order valence-electron chi connectivity index (χ2n) is 3.45. The largest absolute Gasteiger partial charge is 0.492 e. The average molecular weight is 244 g/mol. The van der Waals surface area contributed by atoms with Gasteiger partial charge in [-0.25, -0.2) is 9.78 Å². The Morgan fingerprint density at radius 2 is 2.19 bits per heavy atom. The summed E-state index contributed by atoms with van der Waals surface area (Å²) in [6, 6.07) is 0. The van der Waals surface area contributed by atoms with Crippen molar-refractivity contribution in [2.75, 3.05) is 26.3 Å². The molecule has 1 aromatic heterocycles. The Morgan fingerprint density at radius 3 is 2.75 bits per heavy atom. The van der Waals surface area contributed by atoms with Gasteiger partial charge in [-0.3, -0.25) is 4.90 Å². The molecule has 2 rings (SSSR count). The standard InChI is InChI=1S/C9H12N2O4S/c12-8-7(9(13)14)16-6(10-8)5-11-1-3-15-4-2-11/h12H,1-5H2,(H,13,14). The number of carboxylic acid groups (broad SMARTS) is 1. The van der Waals surface area contributed by atoms with Gasteiger partial charge in [-0.05, 0) is 0 Å². The van der Waals surface area contributed by atoms with Crippen molar-refractivity contribution in [1.29, 1.82) is 0 Å². The quantitative estimate of drug-likeness (QED) is 0.799. The summed E-state index contributed by atoms with van der Waals surface area (Å²) in [5.41, 5.74) is 0. The second-order valence-corrected chi connectivity index (χ2v) is 4.54. The van der Waals surface area contributed by atoms with Gasteiger partial charge in [0.25, 0.3) is 0 Å². The van der Waals surface area contributed by atoms with Gasteiger partial charge >= 0.3 is 5.97 Å². The third-order valence-corrected chi connectivity index (χ3v) is 3.33. The average Bonchev–Trinajstić information content (AvgIpc) is 2.61. The summed E-state index contributed by atoms with van der Waals surface area (Å²) in [7, 11) is 0. The molecule has 0 bridgehead atoms. The summed E-state index contributed by atoms with van der Waals surface area (Å²) >= 11 is 1.02. The van der Waals surface area contributed by atoms with Crippen LogP contribution < -0.4 is 0 Å². The highest BCUT2D eigenvalue weighted by Gasteiger charge is 2.19. The monoisotopic (exact) mass is 244 g/mol. The molecule has 0 spiro atoms. The van der Waals surface area contributed by atoms with Crippen LogP contribution in [0.1, 0.15) is 14.7 Å². The molecule has 0 aliphatic carbocycles. The van der Waals surface area contributed by atoms with Gasteiger partial charge in [0.1, 0.15) is 5.01 Å². The molecule has 16 heavy (non-hydrogen) atoms. The lowest BCUT2D eigenvalue weighted by Gasteiger charge is -2.25. The van der Waals surface area contributed by atoms with E-state index in [4.69, 9.17) is 9.84 Å². The molecule has 2 heterocycles. The number of morpholine rings is 1. The highest BCUT2D eigenvalue weighted by Crippen LogP contribution is 2.25. The van der Waals surface area contributed by atoms with Crippen LogP contribution >= 0.6 is 11.3 Å². The first-order valence-corrected chi connectivity index (χ1v) is 5.70. The van der Waals surface area contributed by atoms with E-state index in [2.05, 4.69) is 9.88 Å². The van der Waals surface area contributed by atoms with E-state index in [1.165, 1.54) is 0 Å². The maximum atomic E-state index is 10.7. The van der Waals surface area contributed by atoms with Crippen LogP contribution in [0.15, 0.2) is 0 Å². The van der Waals surface area contributed by atoms with Crippen LogP contribution in [0.2, 0.25) is 0 Å². The third-order valence-electron chi connectivity index (χ3n) is 2.31. The van der Waals surface area contributed by atoms with Gasteiger partial charge < -0.3 is 14.9 Å². The van der Waals surface area contributed by atoms with Crippen LogP contribution in [0.3, 0.4) is 0 Å². The zero-order valence-electron chi connectivity index (χ0n) is 8.55. The fourth-order valence-corrected chi connectivity index (χ4v) is 2.35. The number of carbonyl (C=O) groups is 1. The Balaban J connectivity index is 2.03. The first-order chi connectivity index (χ1) is 7.66. The molecule has 0 aromatic carbocycles. The minimum atomic E-state index is -1.14. The van der Waals surface area contributed by atoms with Crippen LogP contribution in [0.4, 0.5) is 0 Å². The molecule has 1 aliphatic rings. The number of carboxylic acids is 1. The summed E-state index contributed by atoms with van der Waals surface area (Å²) in [6.45, 7) is 3.55. The number of thiazole rings is 1. The fourth-order valence-electron chi connectivity index (χ4n) is 1.51. The van der Waals surface area contributed by atoms with E-state index in [0.717, 1.165) is 24.4 Å². The summed E-state index contributed by atoms with van der Waals surface area (Å²) in [5.74, 6) is -1.52. The van der Waals surface area contributed by atoms with Crippen LogP contribution in [-0.2, 0) is 11.3 Å². The third kappa shape index (κ3) is 2.49. The van der Waals surface area contributed by atoms with E-state index in [0.29, 0.717) is 24.8 Å². The van der Waals surface area contributed by atoms with Crippen LogP contribution in [-0.4, -0.2) is 52.4 Å². The van der Waals surface area contributed by atoms with Crippen molar-refractivity contribution < 1.29 is 19.7 Å². The Kier molecular flexibility index (Phi) is 3.37. The van der Waals surface area contributed by atoms with Crippen molar-refractivity contribution in [3.05, 3.63) is 9.88 Å². The highest BCUT2D eigenvalue weighted by atomic mass is 32.1. The Labute approximate surface area is 96.1 Å². The van der Waals surface area contributed by atoms with Crippen molar-refractivity contribution in [1.82, 2.24) is 9.88 Å². The number of rotatable bonds is 3. The molecule has 7 heteroatoms. The van der Waals surface area contributed by atoms with E-state index in [1.54, 1.807) is 0 Å². The number of hydrogen-bond acceptors (Lipinski definition) is 6. The number of nitrogens with zero attached hydrogens (tertiary/aromatic N) is 2. The van der Waals surface area contributed by atoms with Gasteiger partial charge in [0.05, 0.1) is 19.8 Å². The molecule has 88 valence electrons. The Bertz CT molecular complexity index is 387. The molecule has 0 atom stereocenters. The van der Waals surface area contributed by atoms with Gasteiger partial charge in [-0.1, -0.05) is 0 Å².